The molecule has 138 valence electrons. The first-order valence-corrected chi connectivity index (χ1v) is 10.5. The summed E-state index contributed by atoms with van der Waals surface area (Å²) in [7, 11) is -3.60. The Morgan fingerprint density at radius 1 is 1.04 bits per heavy atom. The first kappa shape index (κ1) is 19.1. The van der Waals surface area contributed by atoms with Gasteiger partial charge < -0.3 is 10.2 Å². The molecule has 1 N–H and O–H groups in total. The Morgan fingerprint density at radius 2 is 1.65 bits per heavy atom. The van der Waals surface area contributed by atoms with E-state index in [0.717, 1.165) is 11.3 Å². The molecule has 1 aliphatic heterocycles. The van der Waals surface area contributed by atoms with Gasteiger partial charge in [-0.25, -0.2) is 8.42 Å². The van der Waals surface area contributed by atoms with Gasteiger partial charge in [0, 0.05) is 31.9 Å². The summed E-state index contributed by atoms with van der Waals surface area (Å²) < 4.78 is 27.0. The predicted octanol–water partition coefficient (Wildman–Crippen LogP) is 3.35. The molecule has 0 saturated carbocycles. The van der Waals surface area contributed by atoms with Gasteiger partial charge in [0.05, 0.1) is 5.02 Å². The summed E-state index contributed by atoms with van der Waals surface area (Å²) in [6.45, 7) is 3.80. The van der Waals surface area contributed by atoms with E-state index in [1.54, 1.807) is 18.2 Å². The Kier molecular flexibility index (Phi) is 5.82. The lowest BCUT2D eigenvalue weighted by atomic mass is 10.2. The van der Waals surface area contributed by atoms with Gasteiger partial charge in [0.15, 0.2) is 5.11 Å². The standard InChI is InChI=1S/C18H20ClN3O2S2/c1-14-6-2-4-8-16(14)20-18(25)21-10-12-22(13-11-21)26(23,24)17-9-5-3-7-15(17)19/h2-9H,10-13H2,1H3,(H,20,25). The molecule has 0 unspecified atom stereocenters. The van der Waals surface area contributed by atoms with Crippen LogP contribution in [-0.2, 0) is 10.0 Å². The third-order valence-electron chi connectivity index (χ3n) is 4.37. The van der Waals surface area contributed by atoms with Crippen molar-refractivity contribution in [2.75, 3.05) is 31.5 Å². The lowest BCUT2D eigenvalue weighted by Crippen LogP contribution is -2.51. The summed E-state index contributed by atoms with van der Waals surface area (Å²) >= 11 is 11.6. The van der Waals surface area contributed by atoms with E-state index < -0.39 is 10.0 Å². The SMILES string of the molecule is Cc1ccccc1NC(=S)N1CCN(S(=O)(=O)c2ccccc2Cl)CC1. The Balaban J connectivity index is 1.65. The maximum atomic E-state index is 12.8. The van der Waals surface area contributed by atoms with Crippen molar-refractivity contribution >= 4 is 44.6 Å². The Morgan fingerprint density at radius 3 is 2.31 bits per heavy atom. The first-order valence-electron chi connectivity index (χ1n) is 8.26. The summed E-state index contributed by atoms with van der Waals surface area (Å²) in [6, 6.07) is 14.4. The van der Waals surface area contributed by atoms with Gasteiger partial charge in [-0.2, -0.15) is 4.31 Å². The van der Waals surface area contributed by atoms with E-state index in [9.17, 15) is 8.42 Å². The van der Waals surface area contributed by atoms with Crippen LogP contribution in [0, 0.1) is 6.92 Å². The van der Waals surface area contributed by atoms with Crippen LogP contribution >= 0.6 is 23.8 Å². The van der Waals surface area contributed by atoms with Gasteiger partial charge in [-0.05, 0) is 42.9 Å². The quantitative estimate of drug-likeness (QED) is 0.788. The normalized spacial score (nSPS) is 15.7. The molecule has 0 atom stereocenters. The number of para-hydroxylation sites is 1. The van der Waals surface area contributed by atoms with Gasteiger partial charge >= 0.3 is 0 Å². The summed E-state index contributed by atoms with van der Waals surface area (Å²) in [5.41, 5.74) is 2.07. The van der Waals surface area contributed by atoms with Crippen LogP contribution in [0.1, 0.15) is 5.56 Å². The van der Waals surface area contributed by atoms with E-state index >= 15 is 0 Å². The van der Waals surface area contributed by atoms with E-state index in [4.69, 9.17) is 23.8 Å². The molecule has 0 radical (unpaired) electrons. The van der Waals surface area contributed by atoms with Crippen LogP contribution in [0.2, 0.25) is 5.02 Å². The number of nitrogens with zero attached hydrogens (tertiary/aromatic N) is 2. The van der Waals surface area contributed by atoms with Crippen molar-refractivity contribution in [3.8, 4) is 0 Å². The van der Waals surface area contributed by atoms with Crippen LogP contribution in [0.25, 0.3) is 0 Å². The number of nitrogens with one attached hydrogen (secondary N) is 1. The van der Waals surface area contributed by atoms with Gasteiger partial charge in [-0.1, -0.05) is 41.9 Å². The van der Waals surface area contributed by atoms with Crippen LogP contribution in [0.3, 0.4) is 0 Å². The van der Waals surface area contributed by atoms with Gasteiger partial charge in [0.2, 0.25) is 10.0 Å². The first-order chi connectivity index (χ1) is 12.4. The summed E-state index contributed by atoms with van der Waals surface area (Å²) in [4.78, 5) is 2.14. The minimum Gasteiger partial charge on any atom is -0.346 e. The second kappa shape index (κ2) is 7.92. The van der Waals surface area contributed by atoms with Crippen molar-refractivity contribution in [1.82, 2.24) is 9.21 Å². The fourth-order valence-corrected chi connectivity index (χ4v) is 5.04. The summed E-state index contributed by atoms with van der Waals surface area (Å²) in [5, 5.41) is 4.09. The van der Waals surface area contributed by atoms with Crippen LogP contribution in [-0.4, -0.2) is 48.9 Å². The molecule has 2 aromatic rings. The number of rotatable bonds is 3. The van der Waals surface area contributed by atoms with Crippen LogP contribution in [0.4, 0.5) is 5.69 Å². The number of hydrogen-bond acceptors (Lipinski definition) is 3. The highest BCUT2D eigenvalue weighted by atomic mass is 35.5. The molecular formula is C18H20ClN3O2S2. The number of hydrogen-bond donors (Lipinski definition) is 1. The molecule has 0 aromatic heterocycles. The molecule has 0 spiro atoms. The van der Waals surface area contributed by atoms with E-state index in [2.05, 4.69) is 5.32 Å². The number of aryl methyl sites for hydroxylation is 1. The second-order valence-corrected chi connectivity index (χ2v) is 8.77. The average molecular weight is 410 g/mol. The average Bonchev–Trinajstić information content (AvgIpc) is 2.64. The predicted molar refractivity (Wildman–Crippen MR) is 109 cm³/mol. The molecule has 1 fully saturated rings. The zero-order valence-electron chi connectivity index (χ0n) is 14.4. The summed E-state index contributed by atoms with van der Waals surface area (Å²) in [5.74, 6) is 0. The van der Waals surface area contributed by atoms with Gasteiger partial charge in [-0.3, -0.25) is 0 Å². The van der Waals surface area contributed by atoms with Crippen LogP contribution < -0.4 is 5.32 Å². The molecule has 8 heteroatoms. The summed E-state index contributed by atoms with van der Waals surface area (Å²) in [6.07, 6.45) is 0. The van der Waals surface area contributed by atoms with Crippen molar-refractivity contribution in [3.63, 3.8) is 0 Å². The maximum absolute atomic E-state index is 12.8. The van der Waals surface area contributed by atoms with Crippen molar-refractivity contribution in [1.29, 1.82) is 0 Å². The number of thiocarbonyl (C=S) groups is 1. The van der Waals surface area contributed by atoms with Crippen molar-refractivity contribution in [3.05, 3.63) is 59.1 Å². The van der Waals surface area contributed by atoms with Crippen LogP contribution in [0.15, 0.2) is 53.4 Å². The van der Waals surface area contributed by atoms with Gasteiger partial charge in [0.25, 0.3) is 0 Å². The van der Waals surface area contributed by atoms with Crippen molar-refractivity contribution in [2.45, 2.75) is 11.8 Å². The molecular weight excluding hydrogens is 390 g/mol. The molecule has 2 aromatic carbocycles. The second-order valence-electron chi connectivity index (χ2n) is 6.07. The lowest BCUT2D eigenvalue weighted by Gasteiger charge is -2.35. The highest BCUT2D eigenvalue weighted by Crippen LogP contribution is 2.25. The Labute approximate surface area is 164 Å². The molecule has 1 heterocycles. The van der Waals surface area contributed by atoms with E-state index in [-0.39, 0.29) is 9.92 Å². The van der Waals surface area contributed by atoms with Gasteiger partial charge in [-0.15, -0.1) is 0 Å². The molecule has 5 nitrogen and oxygen atoms in total. The third kappa shape index (κ3) is 4.01. The van der Waals surface area contributed by atoms with Crippen molar-refractivity contribution in [2.24, 2.45) is 0 Å². The monoisotopic (exact) mass is 409 g/mol. The number of benzene rings is 2. The maximum Gasteiger partial charge on any atom is 0.244 e. The van der Waals surface area contributed by atoms with E-state index in [1.165, 1.54) is 10.4 Å². The number of piperazine rings is 1. The smallest absolute Gasteiger partial charge is 0.244 e. The highest BCUT2D eigenvalue weighted by molar-refractivity contribution is 7.89. The molecule has 0 aliphatic carbocycles. The molecule has 3 rings (SSSR count). The molecule has 1 saturated heterocycles. The fraction of sp³-hybridized carbons (Fsp3) is 0.278. The molecule has 1 aliphatic rings. The number of sulfonamides is 1. The largest absolute Gasteiger partial charge is 0.346 e. The van der Waals surface area contributed by atoms with E-state index in [1.807, 2.05) is 36.1 Å². The van der Waals surface area contributed by atoms with Crippen molar-refractivity contribution < 1.29 is 8.42 Å². The molecule has 0 amide bonds. The lowest BCUT2D eigenvalue weighted by molar-refractivity contribution is 0.268. The number of anilines is 1. The van der Waals surface area contributed by atoms with Gasteiger partial charge in [0.1, 0.15) is 4.90 Å². The topological polar surface area (TPSA) is 52.6 Å². The minimum atomic E-state index is -3.60. The molecule has 26 heavy (non-hydrogen) atoms. The Bertz CT molecular complexity index is 910. The zero-order valence-corrected chi connectivity index (χ0v) is 16.7. The number of halogens is 1. The highest BCUT2D eigenvalue weighted by Gasteiger charge is 2.30. The fourth-order valence-electron chi connectivity index (χ4n) is 2.83. The third-order valence-corrected chi connectivity index (χ3v) is 7.13. The minimum absolute atomic E-state index is 0.149. The zero-order chi connectivity index (χ0) is 18.7. The Hall–Kier alpha value is -1.67. The molecule has 0 bridgehead atoms. The van der Waals surface area contributed by atoms with Crippen LogP contribution in [0.5, 0.6) is 0 Å². The van der Waals surface area contributed by atoms with E-state index in [0.29, 0.717) is 31.3 Å².